The molecule has 0 fully saturated rings. The summed E-state index contributed by atoms with van der Waals surface area (Å²) in [6.07, 6.45) is -0.183. The van der Waals surface area contributed by atoms with Crippen molar-refractivity contribution in [3.05, 3.63) is 35.9 Å². The van der Waals surface area contributed by atoms with Crippen molar-refractivity contribution in [1.29, 1.82) is 0 Å². The Kier molecular flexibility index (Phi) is 5.96. The second-order valence-electron chi connectivity index (χ2n) is 4.26. The first kappa shape index (κ1) is 14.3. The molecular weight excluding hydrogens is 228 g/mol. The van der Waals surface area contributed by atoms with E-state index in [1.54, 1.807) is 24.3 Å². The molecule has 0 saturated heterocycles. The first-order valence-corrected chi connectivity index (χ1v) is 6.00. The van der Waals surface area contributed by atoms with Gasteiger partial charge in [-0.3, -0.25) is 0 Å². The second-order valence-corrected chi connectivity index (χ2v) is 4.26. The molecule has 1 aromatic rings. The van der Waals surface area contributed by atoms with Crippen molar-refractivity contribution in [1.82, 2.24) is 0 Å². The van der Waals surface area contributed by atoms with E-state index < -0.39 is 6.10 Å². The molecule has 1 N–H and O–H groups in total. The van der Waals surface area contributed by atoms with Crippen LogP contribution in [0.3, 0.4) is 0 Å². The Morgan fingerprint density at radius 1 is 1.33 bits per heavy atom. The van der Waals surface area contributed by atoms with Crippen LogP contribution in [0.15, 0.2) is 30.3 Å². The van der Waals surface area contributed by atoms with Crippen LogP contribution >= 0.6 is 0 Å². The predicted octanol–water partition coefficient (Wildman–Crippen LogP) is 2.25. The van der Waals surface area contributed by atoms with Gasteiger partial charge >= 0.3 is 5.97 Å². The molecule has 0 heterocycles. The summed E-state index contributed by atoms with van der Waals surface area (Å²) in [5, 5.41) is 9.43. The van der Waals surface area contributed by atoms with Gasteiger partial charge in [-0.1, -0.05) is 43.9 Å². The highest BCUT2D eigenvalue weighted by Crippen LogP contribution is 2.01. The average molecular weight is 246 g/mol. The van der Waals surface area contributed by atoms with Gasteiger partial charge in [0.15, 0.2) is 0 Å². The SMILES string of the molecule is CC(C)[C@H](O)C#CCCOC(=O)c1ccccc1. The van der Waals surface area contributed by atoms with Gasteiger partial charge in [-0.2, -0.15) is 0 Å². The van der Waals surface area contributed by atoms with Crippen molar-refractivity contribution >= 4 is 5.97 Å². The zero-order valence-electron chi connectivity index (χ0n) is 10.7. The molecule has 0 radical (unpaired) electrons. The van der Waals surface area contributed by atoms with Gasteiger partial charge in [-0.25, -0.2) is 4.79 Å². The molecule has 1 rings (SSSR count). The molecule has 1 atom stereocenters. The fraction of sp³-hybridized carbons (Fsp3) is 0.400. The Bertz CT molecular complexity index is 426. The molecular formula is C15H18O3. The van der Waals surface area contributed by atoms with E-state index in [2.05, 4.69) is 11.8 Å². The van der Waals surface area contributed by atoms with E-state index in [1.165, 1.54) is 0 Å². The Hall–Kier alpha value is -1.79. The lowest BCUT2D eigenvalue weighted by Crippen LogP contribution is -2.11. The minimum atomic E-state index is -0.616. The van der Waals surface area contributed by atoms with E-state index in [-0.39, 0.29) is 18.5 Å². The number of aliphatic hydroxyl groups excluding tert-OH is 1. The summed E-state index contributed by atoms with van der Waals surface area (Å²) in [5.41, 5.74) is 0.535. The molecule has 0 spiro atoms. The third-order valence-corrected chi connectivity index (χ3v) is 2.35. The van der Waals surface area contributed by atoms with Crippen LogP contribution in [-0.2, 0) is 4.74 Å². The number of esters is 1. The van der Waals surface area contributed by atoms with Gasteiger partial charge in [0.25, 0.3) is 0 Å². The summed E-state index contributed by atoms with van der Waals surface area (Å²) in [6, 6.07) is 8.83. The topological polar surface area (TPSA) is 46.5 Å². The molecule has 96 valence electrons. The summed E-state index contributed by atoms with van der Waals surface area (Å²) < 4.78 is 5.05. The first-order valence-electron chi connectivity index (χ1n) is 6.00. The summed E-state index contributed by atoms with van der Waals surface area (Å²) in [6.45, 7) is 4.04. The molecule has 0 aliphatic heterocycles. The van der Waals surface area contributed by atoms with E-state index in [0.717, 1.165) is 0 Å². The third kappa shape index (κ3) is 5.03. The molecule has 0 aromatic heterocycles. The Morgan fingerprint density at radius 2 is 2.00 bits per heavy atom. The highest BCUT2D eigenvalue weighted by molar-refractivity contribution is 5.89. The standard InChI is InChI=1S/C15H18O3/c1-12(2)14(16)10-6-7-11-18-15(17)13-8-4-3-5-9-13/h3-5,8-9,12,14,16H,7,11H2,1-2H3/t14-/m1/s1. The lowest BCUT2D eigenvalue weighted by molar-refractivity contribution is 0.0513. The van der Waals surface area contributed by atoms with Crippen LogP contribution in [0, 0.1) is 17.8 Å². The molecule has 0 unspecified atom stereocenters. The zero-order chi connectivity index (χ0) is 13.4. The van der Waals surface area contributed by atoms with E-state index in [1.807, 2.05) is 19.9 Å². The molecule has 0 aliphatic carbocycles. The first-order chi connectivity index (χ1) is 8.61. The number of hydrogen-bond acceptors (Lipinski definition) is 3. The maximum Gasteiger partial charge on any atom is 0.338 e. The summed E-state index contributed by atoms with van der Waals surface area (Å²) in [4.78, 5) is 11.5. The highest BCUT2D eigenvalue weighted by atomic mass is 16.5. The number of benzene rings is 1. The fourth-order valence-corrected chi connectivity index (χ4v) is 1.20. The zero-order valence-corrected chi connectivity index (χ0v) is 10.7. The minimum Gasteiger partial charge on any atom is -0.461 e. The monoisotopic (exact) mass is 246 g/mol. The van der Waals surface area contributed by atoms with Crippen molar-refractivity contribution in [2.24, 2.45) is 5.92 Å². The molecule has 0 aliphatic rings. The number of ether oxygens (including phenoxy) is 1. The van der Waals surface area contributed by atoms with E-state index >= 15 is 0 Å². The third-order valence-electron chi connectivity index (χ3n) is 2.35. The minimum absolute atomic E-state index is 0.115. The number of rotatable bonds is 4. The smallest absolute Gasteiger partial charge is 0.338 e. The molecule has 0 bridgehead atoms. The van der Waals surface area contributed by atoms with Gasteiger partial charge in [0, 0.05) is 6.42 Å². The Morgan fingerprint density at radius 3 is 2.61 bits per heavy atom. The maximum absolute atomic E-state index is 11.5. The van der Waals surface area contributed by atoms with Crippen molar-refractivity contribution in [3.8, 4) is 11.8 Å². The highest BCUT2D eigenvalue weighted by Gasteiger charge is 2.05. The van der Waals surface area contributed by atoms with Crippen molar-refractivity contribution in [2.75, 3.05) is 6.61 Å². The second kappa shape index (κ2) is 7.52. The molecule has 18 heavy (non-hydrogen) atoms. The number of carbonyl (C=O) groups is 1. The molecule has 1 aromatic carbocycles. The summed E-state index contributed by atoms with van der Waals surface area (Å²) in [5.74, 6) is 5.28. The quantitative estimate of drug-likeness (QED) is 0.503. The Labute approximate surface area is 108 Å². The van der Waals surface area contributed by atoms with Crippen molar-refractivity contribution in [2.45, 2.75) is 26.4 Å². The van der Waals surface area contributed by atoms with Gasteiger partial charge in [-0.15, -0.1) is 0 Å². The molecule has 0 amide bonds. The van der Waals surface area contributed by atoms with Crippen LogP contribution in [0.2, 0.25) is 0 Å². The largest absolute Gasteiger partial charge is 0.461 e. The normalized spacial score (nSPS) is 11.6. The average Bonchev–Trinajstić information content (AvgIpc) is 2.38. The molecule has 0 saturated carbocycles. The van der Waals surface area contributed by atoms with Gasteiger partial charge in [-0.05, 0) is 18.1 Å². The number of aliphatic hydroxyl groups is 1. The van der Waals surface area contributed by atoms with Crippen molar-refractivity contribution in [3.63, 3.8) is 0 Å². The summed E-state index contributed by atoms with van der Waals surface area (Å²) >= 11 is 0. The van der Waals surface area contributed by atoms with Gasteiger partial charge in [0.1, 0.15) is 12.7 Å². The van der Waals surface area contributed by atoms with E-state index in [0.29, 0.717) is 12.0 Å². The van der Waals surface area contributed by atoms with Gasteiger partial charge in [0.2, 0.25) is 0 Å². The molecule has 3 heteroatoms. The van der Waals surface area contributed by atoms with Crippen molar-refractivity contribution < 1.29 is 14.6 Å². The fourth-order valence-electron chi connectivity index (χ4n) is 1.20. The Balaban J connectivity index is 2.29. The summed E-state index contributed by atoms with van der Waals surface area (Å²) in [7, 11) is 0. The maximum atomic E-state index is 11.5. The van der Waals surface area contributed by atoms with E-state index in [4.69, 9.17) is 4.74 Å². The lowest BCUT2D eigenvalue weighted by atomic mass is 10.1. The van der Waals surface area contributed by atoms with Gasteiger partial charge in [0.05, 0.1) is 5.56 Å². The van der Waals surface area contributed by atoms with Gasteiger partial charge < -0.3 is 9.84 Å². The van der Waals surface area contributed by atoms with Crippen LogP contribution in [0.5, 0.6) is 0 Å². The number of carbonyl (C=O) groups excluding carboxylic acids is 1. The number of hydrogen-bond donors (Lipinski definition) is 1. The van der Waals surface area contributed by atoms with Crippen LogP contribution < -0.4 is 0 Å². The van der Waals surface area contributed by atoms with Crippen LogP contribution in [-0.4, -0.2) is 23.8 Å². The van der Waals surface area contributed by atoms with Crippen LogP contribution in [0.4, 0.5) is 0 Å². The van der Waals surface area contributed by atoms with Crippen LogP contribution in [0.1, 0.15) is 30.6 Å². The molecule has 3 nitrogen and oxygen atoms in total. The predicted molar refractivity (Wildman–Crippen MR) is 70.0 cm³/mol. The lowest BCUT2D eigenvalue weighted by Gasteiger charge is -2.05. The van der Waals surface area contributed by atoms with E-state index in [9.17, 15) is 9.90 Å². The van der Waals surface area contributed by atoms with Crippen LogP contribution in [0.25, 0.3) is 0 Å².